The fourth-order valence-electron chi connectivity index (χ4n) is 1.97. The molecule has 0 aromatic rings. The number of thioether (sulfide) groups is 1. The third-order valence-electron chi connectivity index (χ3n) is 3.09. The van der Waals surface area contributed by atoms with Crippen LogP contribution in [-0.4, -0.2) is 55.2 Å². The number of sulfone groups is 1. The van der Waals surface area contributed by atoms with Gasteiger partial charge in [0.25, 0.3) is 0 Å². The fourth-order valence-corrected chi connectivity index (χ4v) is 4.10. The van der Waals surface area contributed by atoms with Crippen molar-refractivity contribution in [3.05, 3.63) is 0 Å². The van der Waals surface area contributed by atoms with E-state index in [1.165, 1.54) is 0 Å². The lowest BCUT2D eigenvalue weighted by molar-refractivity contribution is 0.268. The van der Waals surface area contributed by atoms with Crippen molar-refractivity contribution in [1.29, 1.82) is 0 Å². The second-order valence-corrected chi connectivity index (χ2v) is 7.72. The summed E-state index contributed by atoms with van der Waals surface area (Å²) in [7, 11) is -2.78. The van der Waals surface area contributed by atoms with E-state index in [1.54, 1.807) is 11.8 Å². The molecule has 1 aliphatic heterocycles. The molecule has 4 nitrogen and oxygen atoms in total. The Morgan fingerprint density at radius 3 is 2.44 bits per heavy atom. The van der Waals surface area contributed by atoms with Gasteiger partial charge in [0.2, 0.25) is 0 Å². The van der Waals surface area contributed by atoms with E-state index < -0.39 is 9.84 Å². The van der Waals surface area contributed by atoms with Gasteiger partial charge in [-0.15, -0.1) is 0 Å². The fraction of sp³-hybridized carbons (Fsp3) is 1.00. The average molecular weight is 267 g/mol. The summed E-state index contributed by atoms with van der Waals surface area (Å²) in [6.07, 6.45) is 3.36. The predicted molar refractivity (Wildman–Crippen MR) is 68.7 cm³/mol. The van der Waals surface area contributed by atoms with Crippen LogP contribution in [0, 0.1) is 0 Å². The number of aliphatic hydroxyl groups is 1. The molecule has 2 unspecified atom stereocenters. The van der Waals surface area contributed by atoms with E-state index >= 15 is 0 Å². The van der Waals surface area contributed by atoms with Gasteiger partial charge >= 0.3 is 0 Å². The molecule has 0 aromatic carbocycles. The Balaban J connectivity index is 2.38. The van der Waals surface area contributed by atoms with Crippen LogP contribution in [0.1, 0.15) is 19.8 Å². The predicted octanol–water partition coefficient (Wildman–Crippen LogP) is 0.266. The maximum absolute atomic E-state index is 11.3. The summed E-state index contributed by atoms with van der Waals surface area (Å²) >= 11 is 1.64. The van der Waals surface area contributed by atoms with E-state index in [0.717, 1.165) is 0 Å². The molecule has 6 heteroatoms. The van der Waals surface area contributed by atoms with Gasteiger partial charge in [0, 0.05) is 17.3 Å². The molecule has 0 amide bonds. The molecule has 0 spiro atoms. The van der Waals surface area contributed by atoms with Gasteiger partial charge in [0.15, 0.2) is 0 Å². The Kier molecular flexibility index (Phi) is 5.56. The topological polar surface area (TPSA) is 66.4 Å². The normalized spacial score (nSPS) is 25.2. The van der Waals surface area contributed by atoms with E-state index in [1.807, 2.05) is 13.2 Å². The standard InChI is InChI=1S/C10H21NO3S2/c1-8(10(7-12)15-2)11-9-3-5-16(13,14)6-4-9/h8-12H,3-7H2,1-2H3. The van der Waals surface area contributed by atoms with Crippen LogP contribution in [0.25, 0.3) is 0 Å². The molecule has 0 aromatic heterocycles. The molecule has 1 saturated heterocycles. The van der Waals surface area contributed by atoms with Crippen molar-refractivity contribution in [3.8, 4) is 0 Å². The molecule has 0 bridgehead atoms. The molecular weight excluding hydrogens is 246 g/mol. The minimum Gasteiger partial charge on any atom is -0.395 e. The van der Waals surface area contributed by atoms with E-state index in [-0.39, 0.29) is 23.9 Å². The molecule has 1 heterocycles. The van der Waals surface area contributed by atoms with Crippen molar-refractivity contribution in [2.75, 3.05) is 24.4 Å². The van der Waals surface area contributed by atoms with Crippen LogP contribution in [0.5, 0.6) is 0 Å². The highest BCUT2D eigenvalue weighted by molar-refractivity contribution is 7.99. The first kappa shape index (κ1) is 14.3. The van der Waals surface area contributed by atoms with Crippen LogP contribution in [-0.2, 0) is 9.84 Å². The SMILES string of the molecule is CSC(CO)C(C)NC1CCS(=O)(=O)CC1. The first-order valence-corrected chi connectivity index (χ1v) is 8.69. The minimum absolute atomic E-state index is 0.153. The van der Waals surface area contributed by atoms with Crippen LogP contribution in [0.2, 0.25) is 0 Å². The van der Waals surface area contributed by atoms with E-state index in [4.69, 9.17) is 5.11 Å². The zero-order valence-electron chi connectivity index (χ0n) is 9.85. The van der Waals surface area contributed by atoms with E-state index in [2.05, 4.69) is 5.32 Å². The quantitative estimate of drug-likeness (QED) is 0.748. The molecule has 0 saturated carbocycles. The molecule has 96 valence electrons. The van der Waals surface area contributed by atoms with Gasteiger partial charge in [-0.1, -0.05) is 0 Å². The third kappa shape index (κ3) is 4.24. The Bertz CT molecular complexity index is 287. The number of hydrogen-bond acceptors (Lipinski definition) is 5. The van der Waals surface area contributed by atoms with Crippen molar-refractivity contribution in [2.24, 2.45) is 0 Å². The summed E-state index contributed by atoms with van der Waals surface area (Å²) in [4.78, 5) is 0. The zero-order valence-corrected chi connectivity index (χ0v) is 11.5. The van der Waals surface area contributed by atoms with Gasteiger partial charge < -0.3 is 10.4 Å². The summed E-state index contributed by atoms with van der Waals surface area (Å²) in [5.74, 6) is 0.584. The van der Waals surface area contributed by atoms with Crippen molar-refractivity contribution >= 4 is 21.6 Å². The highest BCUT2D eigenvalue weighted by atomic mass is 32.2. The number of hydrogen-bond donors (Lipinski definition) is 2. The lowest BCUT2D eigenvalue weighted by Crippen LogP contribution is -2.46. The molecule has 0 aliphatic carbocycles. The van der Waals surface area contributed by atoms with Gasteiger partial charge in [-0.2, -0.15) is 11.8 Å². The first-order chi connectivity index (χ1) is 7.48. The molecule has 2 atom stereocenters. The lowest BCUT2D eigenvalue weighted by Gasteiger charge is -2.29. The Labute approximate surface area is 102 Å². The summed E-state index contributed by atoms with van der Waals surface area (Å²) in [5, 5.41) is 12.7. The highest BCUT2D eigenvalue weighted by Gasteiger charge is 2.26. The van der Waals surface area contributed by atoms with Crippen molar-refractivity contribution in [1.82, 2.24) is 5.32 Å². The summed E-state index contributed by atoms with van der Waals surface area (Å²) in [6.45, 7) is 2.20. The third-order valence-corrected chi connectivity index (χ3v) is 5.97. The largest absolute Gasteiger partial charge is 0.395 e. The highest BCUT2D eigenvalue weighted by Crippen LogP contribution is 2.16. The molecular formula is C10H21NO3S2. The monoisotopic (exact) mass is 267 g/mol. The number of aliphatic hydroxyl groups excluding tert-OH is 1. The van der Waals surface area contributed by atoms with E-state index in [0.29, 0.717) is 24.3 Å². The van der Waals surface area contributed by atoms with Crippen LogP contribution >= 0.6 is 11.8 Å². The molecule has 16 heavy (non-hydrogen) atoms. The lowest BCUT2D eigenvalue weighted by atomic mass is 10.1. The Morgan fingerprint density at radius 1 is 1.44 bits per heavy atom. The van der Waals surface area contributed by atoms with Gasteiger partial charge in [0.1, 0.15) is 9.84 Å². The zero-order chi connectivity index (χ0) is 12.2. The minimum atomic E-state index is -2.78. The molecule has 2 N–H and O–H groups in total. The summed E-state index contributed by atoms with van der Waals surface area (Å²) in [6, 6.07) is 0.491. The molecule has 1 rings (SSSR count). The van der Waals surface area contributed by atoms with Crippen LogP contribution < -0.4 is 5.32 Å². The summed E-state index contributed by atoms with van der Waals surface area (Å²) < 4.78 is 22.5. The van der Waals surface area contributed by atoms with Gasteiger partial charge in [-0.25, -0.2) is 8.42 Å². The van der Waals surface area contributed by atoms with Gasteiger partial charge in [-0.3, -0.25) is 0 Å². The maximum atomic E-state index is 11.3. The number of rotatable bonds is 5. The summed E-state index contributed by atoms with van der Waals surface area (Å²) in [5.41, 5.74) is 0. The van der Waals surface area contributed by atoms with Crippen LogP contribution in [0.3, 0.4) is 0 Å². The Morgan fingerprint density at radius 2 is 2.00 bits per heavy atom. The van der Waals surface area contributed by atoms with Crippen LogP contribution in [0.15, 0.2) is 0 Å². The maximum Gasteiger partial charge on any atom is 0.150 e. The molecule has 0 radical (unpaired) electrons. The van der Waals surface area contributed by atoms with Crippen molar-refractivity contribution < 1.29 is 13.5 Å². The smallest absolute Gasteiger partial charge is 0.150 e. The van der Waals surface area contributed by atoms with Gasteiger partial charge in [0.05, 0.1) is 18.1 Å². The average Bonchev–Trinajstić information content (AvgIpc) is 2.23. The first-order valence-electron chi connectivity index (χ1n) is 5.58. The Hall–Kier alpha value is 0.220. The number of nitrogens with one attached hydrogen (secondary N) is 1. The van der Waals surface area contributed by atoms with Crippen molar-refractivity contribution in [2.45, 2.75) is 37.1 Å². The van der Waals surface area contributed by atoms with E-state index in [9.17, 15) is 8.42 Å². The molecule has 1 aliphatic rings. The second-order valence-electron chi connectivity index (χ2n) is 4.34. The van der Waals surface area contributed by atoms with Gasteiger partial charge in [-0.05, 0) is 26.0 Å². The second kappa shape index (κ2) is 6.23. The molecule has 1 fully saturated rings. The van der Waals surface area contributed by atoms with Crippen molar-refractivity contribution in [3.63, 3.8) is 0 Å². The van der Waals surface area contributed by atoms with Crippen LogP contribution in [0.4, 0.5) is 0 Å².